The first-order valence-corrected chi connectivity index (χ1v) is 6.79. The van der Waals surface area contributed by atoms with Crippen LogP contribution in [0.1, 0.15) is 0 Å². The topological polar surface area (TPSA) is 35.5 Å². The Balaban J connectivity index is 2.20. The molecule has 0 spiro atoms. The molecule has 0 saturated heterocycles. The molecule has 16 heavy (non-hydrogen) atoms. The normalized spacial score (nSPS) is 11.9. The SMILES string of the molecule is O=C(COc1ccccc1)OC[C@H](Br)CBr. The second-order valence-corrected chi connectivity index (χ2v) is 4.98. The molecule has 0 heterocycles. The van der Waals surface area contributed by atoms with Crippen LogP contribution in [-0.4, -0.2) is 29.3 Å². The van der Waals surface area contributed by atoms with Crippen LogP contribution in [0.2, 0.25) is 0 Å². The van der Waals surface area contributed by atoms with Gasteiger partial charge in [-0.05, 0) is 12.1 Å². The van der Waals surface area contributed by atoms with Crippen molar-refractivity contribution in [1.29, 1.82) is 0 Å². The van der Waals surface area contributed by atoms with E-state index in [4.69, 9.17) is 9.47 Å². The number of rotatable bonds is 6. The molecule has 1 aromatic rings. The van der Waals surface area contributed by atoms with Crippen molar-refractivity contribution in [2.45, 2.75) is 4.83 Å². The van der Waals surface area contributed by atoms with E-state index in [-0.39, 0.29) is 17.4 Å². The number of para-hydroxylation sites is 1. The summed E-state index contributed by atoms with van der Waals surface area (Å²) >= 11 is 6.61. The summed E-state index contributed by atoms with van der Waals surface area (Å²) in [6.45, 7) is 0.272. The van der Waals surface area contributed by atoms with E-state index in [9.17, 15) is 4.79 Å². The molecular weight excluding hydrogens is 340 g/mol. The van der Waals surface area contributed by atoms with E-state index in [1.807, 2.05) is 18.2 Å². The molecule has 0 N–H and O–H groups in total. The maximum absolute atomic E-state index is 11.3. The van der Waals surface area contributed by atoms with Gasteiger partial charge in [-0.1, -0.05) is 50.1 Å². The number of esters is 1. The van der Waals surface area contributed by atoms with E-state index in [2.05, 4.69) is 31.9 Å². The first-order valence-electron chi connectivity index (χ1n) is 4.76. The first-order chi connectivity index (χ1) is 7.72. The number of halogens is 2. The average molecular weight is 352 g/mol. The monoisotopic (exact) mass is 350 g/mol. The first kappa shape index (κ1) is 13.5. The van der Waals surface area contributed by atoms with Crippen molar-refractivity contribution in [3.63, 3.8) is 0 Å². The predicted molar refractivity (Wildman–Crippen MR) is 69.4 cm³/mol. The molecule has 5 heteroatoms. The molecule has 0 unspecified atom stereocenters. The summed E-state index contributed by atoms with van der Waals surface area (Å²) in [5.74, 6) is 0.296. The highest BCUT2D eigenvalue weighted by Crippen LogP contribution is 2.08. The molecule has 0 fully saturated rings. The molecule has 1 aromatic carbocycles. The minimum atomic E-state index is -0.366. The van der Waals surface area contributed by atoms with E-state index in [1.165, 1.54) is 0 Å². The number of carbonyl (C=O) groups excluding carboxylic acids is 1. The Morgan fingerprint density at radius 1 is 1.31 bits per heavy atom. The number of benzene rings is 1. The van der Waals surface area contributed by atoms with Gasteiger partial charge < -0.3 is 9.47 Å². The van der Waals surface area contributed by atoms with Gasteiger partial charge in [-0.25, -0.2) is 4.79 Å². The molecule has 0 amide bonds. The highest BCUT2D eigenvalue weighted by molar-refractivity contribution is 9.12. The van der Waals surface area contributed by atoms with Crippen molar-refractivity contribution in [3.8, 4) is 5.75 Å². The van der Waals surface area contributed by atoms with E-state index in [0.717, 1.165) is 5.33 Å². The maximum atomic E-state index is 11.3. The van der Waals surface area contributed by atoms with Crippen molar-refractivity contribution in [3.05, 3.63) is 30.3 Å². The second kappa shape index (κ2) is 7.68. The number of hydrogen-bond acceptors (Lipinski definition) is 3. The lowest BCUT2D eigenvalue weighted by Gasteiger charge is -2.08. The van der Waals surface area contributed by atoms with E-state index in [1.54, 1.807) is 12.1 Å². The van der Waals surface area contributed by atoms with E-state index < -0.39 is 0 Å². The number of carbonyl (C=O) groups is 1. The molecule has 0 saturated carbocycles. The average Bonchev–Trinajstić information content (AvgIpc) is 2.34. The number of hydrogen-bond donors (Lipinski definition) is 0. The third kappa shape index (κ3) is 5.51. The molecule has 0 radical (unpaired) electrons. The van der Waals surface area contributed by atoms with Gasteiger partial charge in [0, 0.05) is 5.33 Å². The summed E-state index contributed by atoms with van der Waals surface area (Å²) in [6.07, 6.45) is 0. The predicted octanol–water partition coefficient (Wildman–Crippen LogP) is 2.77. The van der Waals surface area contributed by atoms with E-state index in [0.29, 0.717) is 12.4 Å². The minimum absolute atomic E-state index is 0.0635. The van der Waals surface area contributed by atoms with Crippen molar-refractivity contribution < 1.29 is 14.3 Å². The lowest BCUT2D eigenvalue weighted by atomic mass is 10.3. The summed E-state index contributed by atoms with van der Waals surface area (Å²) in [4.78, 5) is 11.4. The van der Waals surface area contributed by atoms with Crippen LogP contribution in [-0.2, 0) is 9.53 Å². The minimum Gasteiger partial charge on any atom is -0.482 e. The molecule has 1 atom stereocenters. The van der Waals surface area contributed by atoms with Gasteiger partial charge in [0.1, 0.15) is 12.4 Å². The van der Waals surface area contributed by atoms with Crippen LogP contribution < -0.4 is 4.74 Å². The molecule has 0 aromatic heterocycles. The zero-order chi connectivity index (χ0) is 11.8. The second-order valence-electron chi connectivity index (χ2n) is 3.04. The molecule has 3 nitrogen and oxygen atoms in total. The van der Waals surface area contributed by atoms with Gasteiger partial charge in [0.25, 0.3) is 0 Å². The summed E-state index contributed by atoms with van der Waals surface area (Å²) in [7, 11) is 0. The summed E-state index contributed by atoms with van der Waals surface area (Å²) in [5.41, 5.74) is 0. The van der Waals surface area contributed by atoms with Gasteiger partial charge >= 0.3 is 5.97 Å². The van der Waals surface area contributed by atoms with Gasteiger partial charge in [-0.2, -0.15) is 0 Å². The summed E-state index contributed by atoms with van der Waals surface area (Å²) in [5, 5.41) is 0.736. The van der Waals surface area contributed by atoms with Crippen LogP contribution in [0.15, 0.2) is 30.3 Å². The third-order valence-electron chi connectivity index (χ3n) is 1.69. The summed E-state index contributed by atoms with van der Waals surface area (Å²) < 4.78 is 10.2. The molecule has 88 valence electrons. The van der Waals surface area contributed by atoms with Crippen LogP contribution in [0.5, 0.6) is 5.75 Å². The Morgan fingerprint density at radius 2 is 2.00 bits per heavy atom. The molecule has 0 aliphatic heterocycles. The van der Waals surface area contributed by atoms with Gasteiger partial charge in [-0.3, -0.25) is 0 Å². The summed E-state index contributed by atoms with van der Waals surface area (Å²) in [6, 6.07) is 9.16. The number of ether oxygens (including phenoxy) is 2. The molecule has 0 aliphatic rings. The molecule has 1 rings (SSSR count). The van der Waals surface area contributed by atoms with Crippen molar-refractivity contribution in [2.24, 2.45) is 0 Å². The lowest BCUT2D eigenvalue weighted by Crippen LogP contribution is -2.19. The standard InChI is InChI=1S/C11H12Br2O3/c12-6-9(13)7-16-11(14)8-15-10-4-2-1-3-5-10/h1-5,9H,6-8H2/t9-/m1/s1. The fourth-order valence-electron chi connectivity index (χ4n) is 0.929. The zero-order valence-corrected chi connectivity index (χ0v) is 11.7. The molecule has 0 bridgehead atoms. The van der Waals surface area contributed by atoms with Crippen molar-refractivity contribution >= 4 is 37.8 Å². The van der Waals surface area contributed by atoms with Gasteiger partial charge in [0.15, 0.2) is 6.61 Å². The zero-order valence-electron chi connectivity index (χ0n) is 8.57. The highest BCUT2D eigenvalue weighted by Gasteiger charge is 2.08. The van der Waals surface area contributed by atoms with Gasteiger partial charge in [-0.15, -0.1) is 0 Å². The van der Waals surface area contributed by atoms with E-state index >= 15 is 0 Å². The fourth-order valence-corrected chi connectivity index (χ4v) is 1.25. The Kier molecular flexibility index (Phi) is 6.49. The maximum Gasteiger partial charge on any atom is 0.344 e. The Bertz CT molecular complexity index is 316. The largest absolute Gasteiger partial charge is 0.482 e. The Labute approximate surface area is 111 Å². The Morgan fingerprint density at radius 3 is 2.62 bits per heavy atom. The number of alkyl halides is 2. The smallest absolute Gasteiger partial charge is 0.344 e. The van der Waals surface area contributed by atoms with Gasteiger partial charge in [0.2, 0.25) is 0 Å². The molecule has 0 aliphatic carbocycles. The fraction of sp³-hybridized carbons (Fsp3) is 0.364. The van der Waals surface area contributed by atoms with Crippen LogP contribution in [0.25, 0.3) is 0 Å². The Hall–Kier alpha value is -0.550. The van der Waals surface area contributed by atoms with Crippen LogP contribution >= 0.6 is 31.9 Å². The lowest BCUT2D eigenvalue weighted by molar-refractivity contribution is -0.145. The van der Waals surface area contributed by atoms with Crippen LogP contribution in [0.4, 0.5) is 0 Å². The molecular formula is C11H12Br2O3. The van der Waals surface area contributed by atoms with Crippen LogP contribution in [0.3, 0.4) is 0 Å². The quantitative estimate of drug-likeness (QED) is 0.584. The van der Waals surface area contributed by atoms with Crippen molar-refractivity contribution in [1.82, 2.24) is 0 Å². The van der Waals surface area contributed by atoms with Crippen LogP contribution in [0, 0.1) is 0 Å². The van der Waals surface area contributed by atoms with Gasteiger partial charge in [0.05, 0.1) is 4.83 Å². The highest BCUT2D eigenvalue weighted by atomic mass is 79.9. The third-order valence-corrected chi connectivity index (χ3v) is 3.93. The van der Waals surface area contributed by atoms with Crippen molar-refractivity contribution in [2.75, 3.05) is 18.5 Å².